The van der Waals surface area contributed by atoms with Crippen molar-refractivity contribution in [3.8, 4) is 0 Å². The molecule has 3 N–H and O–H groups in total. The Balaban J connectivity index is 0.000000158. The van der Waals surface area contributed by atoms with Crippen molar-refractivity contribution in [2.75, 3.05) is 35.6 Å². The number of nitrogens with zero attached hydrogens (tertiary/aromatic N) is 2. The Bertz CT molecular complexity index is 2310. The lowest BCUT2D eigenvalue weighted by Gasteiger charge is -2.28. The highest BCUT2D eigenvalue weighted by atomic mass is 19.1. The summed E-state index contributed by atoms with van der Waals surface area (Å²) < 4.78 is 42.6. The third kappa shape index (κ3) is 9.31. The molecule has 0 aromatic heterocycles. The monoisotopic (exact) mass is 788 g/mol. The zero-order chi connectivity index (χ0) is 41.3. The van der Waals surface area contributed by atoms with Gasteiger partial charge in [-0.1, -0.05) is 60.7 Å². The van der Waals surface area contributed by atoms with E-state index in [0.29, 0.717) is 109 Å². The Morgan fingerprint density at radius 2 is 1.09 bits per heavy atom. The molecule has 11 heteroatoms. The van der Waals surface area contributed by atoms with E-state index in [9.17, 15) is 28.0 Å². The summed E-state index contributed by atoms with van der Waals surface area (Å²) in [5.74, 6) is -1.05. The minimum Gasteiger partial charge on any atom is -0.396 e. The summed E-state index contributed by atoms with van der Waals surface area (Å²) >= 11 is 0. The van der Waals surface area contributed by atoms with Crippen LogP contribution in [0.15, 0.2) is 97.1 Å². The second kappa shape index (κ2) is 18.8. The number of amides is 1. The van der Waals surface area contributed by atoms with Crippen LogP contribution in [0.2, 0.25) is 0 Å². The smallest absolute Gasteiger partial charge is 0.242 e. The molecule has 1 amide bonds. The number of rotatable bonds is 10. The first-order valence-electron chi connectivity index (χ1n) is 19.6. The van der Waals surface area contributed by atoms with E-state index < -0.39 is 5.82 Å². The number of carbonyl (C=O) groups is 4. The number of hydrogen-bond acceptors (Lipinski definition) is 7. The zero-order valence-electron chi connectivity index (χ0n) is 32.8. The van der Waals surface area contributed by atoms with Crippen LogP contribution in [0.5, 0.6) is 0 Å². The Labute approximate surface area is 336 Å². The summed E-state index contributed by atoms with van der Waals surface area (Å²) in [5.41, 5.74) is 11.5. The highest BCUT2D eigenvalue weighted by Gasteiger charge is 2.28. The Kier molecular flexibility index (Phi) is 13.4. The van der Waals surface area contributed by atoms with E-state index in [1.165, 1.54) is 6.07 Å². The number of carbonyl (C=O) groups excluding carboxylic acids is 4. The van der Waals surface area contributed by atoms with Crippen LogP contribution in [0, 0.1) is 17.5 Å². The van der Waals surface area contributed by atoms with E-state index in [0.717, 1.165) is 11.1 Å². The lowest BCUT2D eigenvalue weighted by Crippen LogP contribution is -2.40. The average Bonchev–Trinajstić information content (AvgIpc) is 3.94. The molecule has 0 spiro atoms. The fourth-order valence-corrected chi connectivity index (χ4v) is 7.55. The summed E-state index contributed by atoms with van der Waals surface area (Å²) in [6, 6.07) is 29.3. The van der Waals surface area contributed by atoms with E-state index >= 15 is 4.39 Å². The van der Waals surface area contributed by atoms with Crippen molar-refractivity contribution in [2.24, 2.45) is 0 Å². The summed E-state index contributed by atoms with van der Waals surface area (Å²) in [7, 11) is 0. The predicted molar refractivity (Wildman–Crippen MR) is 221 cm³/mol. The SMILES string of the molecule is CCN(CC)C(=O)CN(Cc1ccccc1)c1ccc2c(c1F)CCC2=O.Nc1ccc2c(c1F)CCC2=O.O=C1CCc2c1ccc(NCc1ccccc1)c2F. The van der Waals surface area contributed by atoms with Gasteiger partial charge in [-0.25, -0.2) is 13.2 Å². The summed E-state index contributed by atoms with van der Waals surface area (Å²) in [6.45, 7) is 6.21. The number of Topliss-reactive ketones (excluding diaryl/α,β-unsaturated/α-hetero) is 3. The Morgan fingerprint density at radius 3 is 1.64 bits per heavy atom. The summed E-state index contributed by atoms with van der Waals surface area (Å²) in [5, 5.41) is 3.09. The molecule has 5 aromatic rings. The third-order valence-electron chi connectivity index (χ3n) is 10.8. The van der Waals surface area contributed by atoms with Crippen molar-refractivity contribution < 1.29 is 32.3 Å². The molecule has 5 aromatic carbocycles. The Hall–Kier alpha value is -6.23. The molecule has 0 bridgehead atoms. The van der Waals surface area contributed by atoms with E-state index in [1.807, 2.05) is 74.5 Å². The maximum Gasteiger partial charge on any atom is 0.242 e. The number of ketones is 3. The minimum absolute atomic E-state index is 0.00993. The first-order valence-corrected chi connectivity index (χ1v) is 19.6. The predicted octanol–water partition coefficient (Wildman–Crippen LogP) is 8.93. The van der Waals surface area contributed by atoms with Crippen molar-refractivity contribution in [1.29, 1.82) is 0 Å². The fourth-order valence-electron chi connectivity index (χ4n) is 7.55. The largest absolute Gasteiger partial charge is 0.396 e. The lowest BCUT2D eigenvalue weighted by atomic mass is 10.1. The van der Waals surface area contributed by atoms with Crippen LogP contribution >= 0.6 is 0 Å². The van der Waals surface area contributed by atoms with Crippen LogP contribution in [0.25, 0.3) is 0 Å². The van der Waals surface area contributed by atoms with Gasteiger partial charge in [-0.2, -0.15) is 0 Å². The first kappa shape index (κ1) is 41.4. The standard InChI is InChI=1S/C22H25FN2O2.C16H14FNO.C9H8FNO/c1-3-24(4-2)21(27)15-25(14-16-8-6-5-7-9-16)19-12-10-17-18(22(19)23)11-13-20(17)26;17-16-13-7-9-15(19)12(13)6-8-14(16)18-10-11-4-2-1-3-5-11;10-9-6-2-4-8(12)5(6)1-3-7(9)11/h5-10,12H,3-4,11,13-15H2,1-2H3;1-6,8,18H,7,9-10H2;1,3H,2,4,11H2. The number of benzene rings is 5. The molecule has 8 nitrogen and oxygen atoms in total. The maximum absolute atomic E-state index is 15.2. The van der Waals surface area contributed by atoms with Gasteiger partial charge in [-0.15, -0.1) is 0 Å². The van der Waals surface area contributed by atoms with Gasteiger partial charge in [0.1, 0.15) is 17.5 Å². The molecule has 0 heterocycles. The molecule has 0 radical (unpaired) electrons. The molecular weight excluding hydrogens is 742 g/mol. The van der Waals surface area contributed by atoms with Gasteiger partial charge in [0.2, 0.25) is 5.91 Å². The number of nitrogens with one attached hydrogen (secondary N) is 1. The maximum atomic E-state index is 15.2. The van der Waals surface area contributed by atoms with E-state index in [1.54, 1.807) is 40.1 Å². The third-order valence-corrected chi connectivity index (χ3v) is 10.8. The second-order valence-electron chi connectivity index (χ2n) is 14.4. The van der Waals surface area contributed by atoms with Crippen LogP contribution in [0.3, 0.4) is 0 Å². The van der Waals surface area contributed by atoms with Gasteiger partial charge in [-0.3, -0.25) is 19.2 Å². The van der Waals surface area contributed by atoms with Crippen molar-refractivity contribution in [1.82, 2.24) is 4.90 Å². The van der Waals surface area contributed by atoms with Crippen LogP contribution in [0.4, 0.5) is 30.2 Å². The molecule has 0 atom stereocenters. The molecular formula is C47H47F3N4O4. The highest BCUT2D eigenvalue weighted by Crippen LogP contribution is 2.33. The number of anilines is 3. The van der Waals surface area contributed by atoms with Crippen LogP contribution in [-0.2, 0) is 37.1 Å². The zero-order valence-corrected chi connectivity index (χ0v) is 32.8. The van der Waals surface area contributed by atoms with Gasteiger partial charge in [-0.05, 0) is 80.6 Å². The molecule has 0 aliphatic heterocycles. The molecule has 58 heavy (non-hydrogen) atoms. The van der Waals surface area contributed by atoms with Gasteiger partial charge in [0.25, 0.3) is 0 Å². The van der Waals surface area contributed by atoms with Crippen molar-refractivity contribution in [2.45, 2.75) is 65.5 Å². The number of halogens is 3. The molecule has 3 aliphatic rings. The van der Waals surface area contributed by atoms with Crippen molar-refractivity contribution >= 4 is 40.3 Å². The van der Waals surface area contributed by atoms with Crippen molar-refractivity contribution in [3.05, 3.63) is 159 Å². The molecule has 0 unspecified atom stereocenters. The molecule has 3 aliphatic carbocycles. The molecule has 0 saturated carbocycles. The molecule has 0 saturated heterocycles. The van der Waals surface area contributed by atoms with E-state index in [2.05, 4.69) is 5.32 Å². The number of nitrogens with two attached hydrogens (primary N) is 1. The van der Waals surface area contributed by atoms with Crippen LogP contribution in [0.1, 0.15) is 92.0 Å². The summed E-state index contributed by atoms with van der Waals surface area (Å²) in [6.07, 6.45) is 2.62. The number of likely N-dealkylation sites (N-methyl/N-ethyl adjacent to an activating group) is 1. The number of hydrogen-bond donors (Lipinski definition) is 2. The van der Waals surface area contributed by atoms with E-state index in [4.69, 9.17) is 5.73 Å². The van der Waals surface area contributed by atoms with E-state index in [-0.39, 0.29) is 47.1 Å². The van der Waals surface area contributed by atoms with Gasteiger partial charge in [0, 0.05) is 78.8 Å². The van der Waals surface area contributed by atoms with Crippen molar-refractivity contribution in [3.63, 3.8) is 0 Å². The molecule has 300 valence electrons. The van der Waals surface area contributed by atoms with Gasteiger partial charge in [0.05, 0.1) is 23.6 Å². The molecule has 8 rings (SSSR count). The van der Waals surface area contributed by atoms with Crippen LogP contribution < -0.4 is 16.0 Å². The summed E-state index contributed by atoms with van der Waals surface area (Å²) in [4.78, 5) is 50.7. The topological polar surface area (TPSA) is 113 Å². The fraction of sp³-hybridized carbons (Fsp3) is 0.277. The number of fused-ring (bicyclic) bond motifs is 3. The number of nitrogen functional groups attached to an aromatic ring is 1. The minimum atomic E-state index is -0.418. The lowest BCUT2D eigenvalue weighted by molar-refractivity contribution is -0.129. The molecule has 0 fully saturated rings. The van der Waals surface area contributed by atoms with Gasteiger partial charge >= 0.3 is 0 Å². The van der Waals surface area contributed by atoms with Gasteiger partial charge < -0.3 is 20.9 Å². The second-order valence-corrected chi connectivity index (χ2v) is 14.4. The van der Waals surface area contributed by atoms with Gasteiger partial charge in [0.15, 0.2) is 17.3 Å². The quantitative estimate of drug-likeness (QED) is 0.136. The Morgan fingerprint density at radius 1 is 0.603 bits per heavy atom. The normalized spacial score (nSPS) is 13.4. The van der Waals surface area contributed by atoms with Crippen LogP contribution in [-0.4, -0.2) is 47.8 Å². The highest BCUT2D eigenvalue weighted by molar-refractivity contribution is 6.02. The average molecular weight is 789 g/mol. The first-order chi connectivity index (χ1) is 28.0.